The van der Waals surface area contributed by atoms with Gasteiger partial charge in [-0.1, -0.05) is 0 Å². The highest BCUT2D eigenvalue weighted by atomic mass is 32.1. The second-order valence-corrected chi connectivity index (χ2v) is 4.03. The molecular formula is C7H8F3N5O2S. The molecule has 0 atom stereocenters. The zero-order valence-electron chi connectivity index (χ0n) is 8.98. The van der Waals surface area contributed by atoms with Crippen molar-refractivity contribution < 1.29 is 18.2 Å². The third kappa shape index (κ3) is 4.16. The predicted molar refractivity (Wildman–Crippen MR) is 57.4 cm³/mol. The van der Waals surface area contributed by atoms with Crippen LogP contribution in [0.2, 0.25) is 0 Å². The van der Waals surface area contributed by atoms with Crippen LogP contribution >= 0.6 is 11.3 Å². The summed E-state index contributed by atoms with van der Waals surface area (Å²) in [5.74, 6) is -0.151. The molecule has 0 bridgehead atoms. The minimum Gasteiger partial charge on any atom is -0.354 e. The molecule has 1 heterocycles. The van der Waals surface area contributed by atoms with Gasteiger partial charge in [0, 0.05) is 18.1 Å². The molecule has 11 heteroatoms. The molecule has 1 aromatic heterocycles. The predicted octanol–water partition coefficient (Wildman–Crippen LogP) is 1.02. The third-order valence-electron chi connectivity index (χ3n) is 1.64. The molecule has 0 aliphatic rings. The fourth-order valence-corrected chi connectivity index (χ4v) is 1.67. The maximum absolute atomic E-state index is 12.2. The van der Waals surface area contributed by atoms with Crippen LogP contribution in [0.1, 0.15) is 9.88 Å². The van der Waals surface area contributed by atoms with Gasteiger partial charge < -0.3 is 10.6 Å². The number of halogens is 3. The number of thiazole rings is 1. The Balaban J connectivity index is 2.64. The summed E-state index contributed by atoms with van der Waals surface area (Å²) in [7, 11) is 1.39. The number of nitrogens with zero attached hydrogens (tertiary/aromatic N) is 3. The molecule has 0 saturated carbocycles. The summed E-state index contributed by atoms with van der Waals surface area (Å²) in [5.41, 5.74) is 0. The Hall–Kier alpha value is -1.91. The largest absolute Gasteiger partial charge is 0.443 e. The van der Waals surface area contributed by atoms with Gasteiger partial charge in [-0.2, -0.15) is 13.2 Å². The van der Waals surface area contributed by atoms with Crippen LogP contribution in [-0.2, 0) is 12.7 Å². The normalized spacial score (nSPS) is 12.3. The molecule has 0 unspecified atom stereocenters. The van der Waals surface area contributed by atoms with E-state index in [1.807, 2.05) is 0 Å². The lowest BCUT2D eigenvalue weighted by atomic mass is 10.5. The summed E-state index contributed by atoms with van der Waals surface area (Å²) in [5, 5.41) is 16.0. The summed E-state index contributed by atoms with van der Waals surface area (Å²) in [4.78, 5) is 13.6. The number of nitro groups is 1. The number of hydrogen-bond donors (Lipinski definition) is 2. The first-order valence-corrected chi connectivity index (χ1v) is 5.31. The molecule has 0 fully saturated rings. The smallest absolute Gasteiger partial charge is 0.354 e. The minimum absolute atomic E-state index is 0.0404. The number of rotatable bonds is 3. The van der Waals surface area contributed by atoms with E-state index in [-0.39, 0.29) is 17.4 Å². The average Bonchev–Trinajstić information content (AvgIpc) is 2.71. The van der Waals surface area contributed by atoms with Crippen LogP contribution in [0.15, 0.2) is 11.3 Å². The minimum atomic E-state index is -4.48. The molecule has 0 aromatic carbocycles. The van der Waals surface area contributed by atoms with Crippen LogP contribution in [0.5, 0.6) is 0 Å². The molecule has 0 aliphatic heterocycles. The van der Waals surface area contributed by atoms with Crippen molar-refractivity contribution in [2.45, 2.75) is 12.7 Å². The quantitative estimate of drug-likeness (QED) is 0.374. The maximum Gasteiger partial charge on any atom is 0.443 e. The van der Waals surface area contributed by atoms with Crippen molar-refractivity contribution in [2.75, 3.05) is 7.05 Å². The van der Waals surface area contributed by atoms with E-state index in [4.69, 9.17) is 0 Å². The summed E-state index contributed by atoms with van der Waals surface area (Å²) in [6, 6.07) is 0. The van der Waals surface area contributed by atoms with E-state index in [1.165, 1.54) is 7.05 Å². The fourth-order valence-electron chi connectivity index (χ4n) is 0.947. The van der Waals surface area contributed by atoms with Crippen molar-refractivity contribution in [3.63, 3.8) is 0 Å². The maximum atomic E-state index is 12.2. The standard InChI is InChI=1S/C7H8F3N5O2S/c1-11-6(14-15(16)17)13-3-4-2-12-5(18-4)7(8,9)10/h2H,3H2,1H3,(H2,11,13,14). The summed E-state index contributed by atoms with van der Waals surface area (Å²) in [6.45, 7) is -0.0404. The van der Waals surface area contributed by atoms with E-state index in [9.17, 15) is 23.3 Å². The fraction of sp³-hybridized carbons (Fsp3) is 0.429. The van der Waals surface area contributed by atoms with E-state index < -0.39 is 16.2 Å². The van der Waals surface area contributed by atoms with E-state index in [1.54, 1.807) is 0 Å². The van der Waals surface area contributed by atoms with Gasteiger partial charge in [-0.15, -0.1) is 11.3 Å². The topological polar surface area (TPSA) is 92.5 Å². The van der Waals surface area contributed by atoms with Crippen LogP contribution in [-0.4, -0.2) is 23.0 Å². The monoisotopic (exact) mass is 283 g/mol. The second kappa shape index (κ2) is 5.62. The lowest BCUT2D eigenvalue weighted by Crippen LogP contribution is -2.34. The molecule has 100 valence electrons. The Kier molecular flexibility index (Phi) is 4.42. The number of guanidine groups is 1. The van der Waals surface area contributed by atoms with Gasteiger partial charge in [0.2, 0.25) is 0 Å². The van der Waals surface area contributed by atoms with Gasteiger partial charge in [-0.3, -0.25) is 0 Å². The van der Waals surface area contributed by atoms with Gasteiger partial charge >= 0.3 is 6.18 Å². The summed E-state index contributed by atoms with van der Waals surface area (Å²) in [6.07, 6.45) is -3.43. The Bertz CT molecular complexity index is 458. The van der Waals surface area contributed by atoms with Crippen molar-refractivity contribution in [3.05, 3.63) is 26.2 Å². The van der Waals surface area contributed by atoms with E-state index in [0.717, 1.165) is 6.20 Å². The lowest BCUT2D eigenvalue weighted by molar-refractivity contribution is -0.485. The van der Waals surface area contributed by atoms with Crippen molar-refractivity contribution in [2.24, 2.45) is 5.10 Å². The van der Waals surface area contributed by atoms with Crippen molar-refractivity contribution in [3.8, 4) is 0 Å². The highest BCUT2D eigenvalue weighted by molar-refractivity contribution is 7.11. The first-order valence-electron chi connectivity index (χ1n) is 4.49. The van der Waals surface area contributed by atoms with Crippen molar-refractivity contribution in [1.82, 2.24) is 15.6 Å². The number of aromatic nitrogens is 1. The number of hydrogen-bond acceptors (Lipinski definition) is 4. The summed E-state index contributed by atoms with van der Waals surface area (Å²) >= 11 is 0.460. The molecule has 7 nitrogen and oxygen atoms in total. The average molecular weight is 283 g/mol. The first-order chi connectivity index (χ1) is 8.32. The van der Waals surface area contributed by atoms with E-state index in [0.29, 0.717) is 11.3 Å². The van der Waals surface area contributed by atoms with Crippen LogP contribution in [0.25, 0.3) is 0 Å². The lowest BCUT2D eigenvalue weighted by Gasteiger charge is -2.03. The van der Waals surface area contributed by atoms with E-state index >= 15 is 0 Å². The Labute approximate surface area is 103 Å². The molecule has 18 heavy (non-hydrogen) atoms. The zero-order chi connectivity index (χ0) is 13.8. The van der Waals surface area contributed by atoms with Crippen molar-refractivity contribution in [1.29, 1.82) is 0 Å². The number of hydrazone groups is 1. The van der Waals surface area contributed by atoms with Crippen LogP contribution in [0, 0.1) is 10.1 Å². The van der Waals surface area contributed by atoms with Gasteiger partial charge in [-0.05, 0) is 0 Å². The number of alkyl halides is 3. The number of nitrogens with one attached hydrogen (secondary N) is 2. The highest BCUT2D eigenvalue weighted by Crippen LogP contribution is 2.32. The SMILES string of the molecule is CN/C(=N\[N+](=O)[O-])NCc1cnc(C(F)(F)F)s1. The Morgan fingerprint density at radius 1 is 1.67 bits per heavy atom. The van der Waals surface area contributed by atoms with E-state index in [2.05, 4.69) is 20.7 Å². The van der Waals surface area contributed by atoms with Gasteiger partial charge in [0.05, 0.1) is 6.54 Å². The van der Waals surface area contributed by atoms with Crippen LogP contribution in [0.4, 0.5) is 13.2 Å². The second-order valence-electron chi connectivity index (χ2n) is 2.92. The van der Waals surface area contributed by atoms with Gasteiger partial charge in [0.15, 0.2) is 10.0 Å². The highest BCUT2D eigenvalue weighted by Gasteiger charge is 2.34. The van der Waals surface area contributed by atoms with Crippen molar-refractivity contribution >= 4 is 17.3 Å². The van der Waals surface area contributed by atoms with Gasteiger partial charge in [0.25, 0.3) is 5.96 Å². The molecule has 0 saturated heterocycles. The molecule has 1 aromatic rings. The molecule has 0 radical (unpaired) electrons. The van der Waals surface area contributed by atoms with Crippen LogP contribution < -0.4 is 10.6 Å². The molecule has 1 rings (SSSR count). The Morgan fingerprint density at radius 2 is 2.33 bits per heavy atom. The molecule has 0 spiro atoms. The Morgan fingerprint density at radius 3 is 2.78 bits per heavy atom. The molecule has 0 amide bonds. The third-order valence-corrected chi connectivity index (χ3v) is 2.69. The molecular weight excluding hydrogens is 275 g/mol. The summed E-state index contributed by atoms with van der Waals surface area (Å²) < 4.78 is 36.7. The first kappa shape index (κ1) is 14.2. The van der Waals surface area contributed by atoms with Gasteiger partial charge in [-0.25, -0.2) is 15.1 Å². The molecule has 0 aliphatic carbocycles. The zero-order valence-corrected chi connectivity index (χ0v) is 9.80. The molecule has 2 N–H and O–H groups in total. The van der Waals surface area contributed by atoms with Crippen LogP contribution in [0.3, 0.4) is 0 Å². The van der Waals surface area contributed by atoms with Gasteiger partial charge in [0.1, 0.15) is 5.10 Å².